The smallest absolute Gasteiger partial charge is 0.407 e. The molecular formula is C36H42NO10P. The van der Waals surface area contributed by atoms with Gasteiger partial charge >= 0.3 is 25.6 Å². The molecule has 0 radical (unpaired) electrons. The van der Waals surface area contributed by atoms with Gasteiger partial charge in [0.2, 0.25) is 0 Å². The molecule has 1 aliphatic heterocycles. The van der Waals surface area contributed by atoms with Crippen LogP contribution in [-0.2, 0) is 44.2 Å². The predicted octanol–water partition coefficient (Wildman–Crippen LogP) is 6.62. The highest BCUT2D eigenvalue weighted by molar-refractivity contribution is 7.53. The summed E-state index contributed by atoms with van der Waals surface area (Å²) in [5, 5.41) is 2.85. The number of carbonyl (C=O) groups excluding carboxylic acids is 3. The van der Waals surface area contributed by atoms with Crippen LogP contribution in [0.4, 0.5) is 4.79 Å². The van der Waals surface area contributed by atoms with Crippen molar-refractivity contribution in [2.24, 2.45) is 5.41 Å². The van der Waals surface area contributed by atoms with Gasteiger partial charge < -0.3 is 28.8 Å². The maximum atomic E-state index is 13.7. The first kappa shape index (κ1) is 35.1. The highest BCUT2D eigenvalue weighted by Gasteiger charge is 2.48. The van der Waals surface area contributed by atoms with Crippen LogP contribution in [0.2, 0.25) is 0 Å². The lowest BCUT2D eigenvalue weighted by Gasteiger charge is -2.28. The third-order valence-electron chi connectivity index (χ3n) is 8.18. The van der Waals surface area contributed by atoms with Gasteiger partial charge in [0.1, 0.15) is 37.8 Å². The molecule has 1 N–H and O–H groups in total. The zero-order valence-corrected chi connectivity index (χ0v) is 28.9. The van der Waals surface area contributed by atoms with Gasteiger partial charge in [0, 0.05) is 19.5 Å². The Balaban J connectivity index is 1.28. The third-order valence-corrected chi connectivity index (χ3v) is 9.35. The fourth-order valence-electron chi connectivity index (χ4n) is 5.82. The second-order valence-electron chi connectivity index (χ2n) is 13.1. The number of ether oxygens (including phenoxy) is 4. The molecule has 0 bridgehead atoms. The van der Waals surface area contributed by atoms with Crippen LogP contribution in [0.3, 0.4) is 0 Å². The number of nitrogens with one attached hydrogen (secondary N) is 1. The summed E-state index contributed by atoms with van der Waals surface area (Å²) in [6.45, 7) is 9.55. The molecule has 1 fully saturated rings. The van der Waals surface area contributed by atoms with E-state index in [-0.39, 0.29) is 31.5 Å². The molecule has 3 aromatic carbocycles. The lowest BCUT2D eigenvalue weighted by atomic mass is 9.97. The molecule has 1 heterocycles. The highest BCUT2D eigenvalue weighted by atomic mass is 31.2. The minimum Gasteiger partial charge on any atom is -0.462 e. The van der Waals surface area contributed by atoms with Gasteiger partial charge in [-0.05, 0) is 67.6 Å². The Morgan fingerprint density at radius 3 is 2.04 bits per heavy atom. The van der Waals surface area contributed by atoms with E-state index in [4.69, 9.17) is 28.0 Å². The average molecular weight is 680 g/mol. The number of carbonyl (C=O) groups is 3. The minimum atomic E-state index is -3.84. The average Bonchev–Trinajstić information content (AvgIpc) is 3.50. The summed E-state index contributed by atoms with van der Waals surface area (Å²) < 4.78 is 48.0. The molecule has 1 saturated heterocycles. The van der Waals surface area contributed by atoms with Crippen molar-refractivity contribution in [1.29, 1.82) is 0 Å². The number of fused-ring (bicyclic) bond motifs is 3. The second-order valence-corrected chi connectivity index (χ2v) is 15.0. The number of hydrogen-bond donors (Lipinski definition) is 1. The van der Waals surface area contributed by atoms with E-state index >= 15 is 0 Å². The van der Waals surface area contributed by atoms with Crippen molar-refractivity contribution >= 4 is 25.6 Å². The Labute approximate surface area is 280 Å². The van der Waals surface area contributed by atoms with Crippen LogP contribution in [0.15, 0.2) is 72.8 Å². The Hall–Kier alpha value is -4.18. The molecule has 1 amide bonds. The fraction of sp³-hybridized carbons (Fsp3) is 0.417. The summed E-state index contributed by atoms with van der Waals surface area (Å²) in [5.41, 5.74) is 4.33. The summed E-state index contributed by atoms with van der Waals surface area (Å²) in [6, 6.07) is 21.8. The zero-order chi connectivity index (χ0) is 34.6. The van der Waals surface area contributed by atoms with Gasteiger partial charge in [-0.2, -0.15) is 0 Å². The topological polar surface area (TPSA) is 136 Å². The van der Waals surface area contributed by atoms with E-state index in [0.29, 0.717) is 0 Å². The normalized spacial score (nSPS) is 21.4. The van der Waals surface area contributed by atoms with Crippen LogP contribution in [0.5, 0.6) is 5.75 Å². The van der Waals surface area contributed by atoms with Gasteiger partial charge in [0.15, 0.2) is 0 Å². The Bertz CT molecular complexity index is 1640. The van der Waals surface area contributed by atoms with E-state index < -0.39 is 55.4 Å². The SMILES string of the molecule is CC(=O)OCc1ccc(OP(C)(=O)OC2[C@@H](COC(=O)C(C)(C)C)O[C@@H](C)[C@H]2NC(=O)OCC2c3ccccc3-c3ccccc32)cc1. The molecule has 12 heteroatoms. The van der Waals surface area contributed by atoms with Crippen molar-refractivity contribution in [1.82, 2.24) is 5.32 Å². The van der Waals surface area contributed by atoms with Crippen LogP contribution in [0, 0.1) is 5.41 Å². The first-order chi connectivity index (χ1) is 22.7. The molecular weight excluding hydrogens is 637 g/mol. The summed E-state index contributed by atoms with van der Waals surface area (Å²) in [5.74, 6) is -0.730. The molecule has 0 aromatic heterocycles. The van der Waals surface area contributed by atoms with Crippen LogP contribution < -0.4 is 9.84 Å². The molecule has 0 saturated carbocycles. The molecule has 5 rings (SSSR count). The molecule has 256 valence electrons. The quantitative estimate of drug-likeness (QED) is 0.134. The largest absolute Gasteiger partial charge is 0.462 e. The van der Waals surface area contributed by atoms with Gasteiger partial charge in [-0.3, -0.25) is 14.1 Å². The van der Waals surface area contributed by atoms with Crippen molar-refractivity contribution in [2.75, 3.05) is 19.9 Å². The van der Waals surface area contributed by atoms with Crippen LogP contribution in [0.25, 0.3) is 11.1 Å². The Morgan fingerprint density at radius 1 is 0.854 bits per heavy atom. The Kier molecular flexibility index (Phi) is 10.6. The molecule has 2 aliphatic rings. The van der Waals surface area contributed by atoms with Crippen LogP contribution >= 0.6 is 7.60 Å². The van der Waals surface area contributed by atoms with Crippen molar-refractivity contribution in [3.8, 4) is 16.9 Å². The van der Waals surface area contributed by atoms with Crippen LogP contribution in [0.1, 0.15) is 57.2 Å². The van der Waals surface area contributed by atoms with Crippen molar-refractivity contribution in [2.45, 2.75) is 71.5 Å². The third kappa shape index (κ3) is 8.45. The summed E-state index contributed by atoms with van der Waals surface area (Å²) in [4.78, 5) is 37.0. The first-order valence-electron chi connectivity index (χ1n) is 15.8. The fourth-order valence-corrected chi connectivity index (χ4v) is 7.08. The number of hydrogen-bond acceptors (Lipinski definition) is 10. The molecule has 48 heavy (non-hydrogen) atoms. The number of alkyl carbamates (subject to hydrolysis) is 1. The van der Waals surface area contributed by atoms with E-state index in [1.807, 2.05) is 36.4 Å². The molecule has 1 aliphatic carbocycles. The van der Waals surface area contributed by atoms with Crippen molar-refractivity contribution in [3.05, 3.63) is 89.5 Å². The van der Waals surface area contributed by atoms with E-state index in [2.05, 4.69) is 17.4 Å². The Morgan fingerprint density at radius 2 is 1.46 bits per heavy atom. The van der Waals surface area contributed by atoms with Gasteiger partial charge in [-0.15, -0.1) is 0 Å². The second kappa shape index (κ2) is 14.5. The molecule has 11 nitrogen and oxygen atoms in total. The first-order valence-corrected chi connectivity index (χ1v) is 17.8. The number of rotatable bonds is 11. The van der Waals surface area contributed by atoms with Gasteiger partial charge in [0.25, 0.3) is 0 Å². The van der Waals surface area contributed by atoms with Gasteiger partial charge in [-0.1, -0.05) is 60.7 Å². The minimum absolute atomic E-state index is 0.0887. The van der Waals surface area contributed by atoms with E-state index in [9.17, 15) is 18.9 Å². The van der Waals surface area contributed by atoms with E-state index in [0.717, 1.165) is 27.8 Å². The van der Waals surface area contributed by atoms with E-state index in [1.165, 1.54) is 13.6 Å². The molecule has 3 aromatic rings. The maximum absolute atomic E-state index is 13.7. The summed E-state index contributed by atoms with van der Waals surface area (Å²) >= 11 is 0. The van der Waals surface area contributed by atoms with Gasteiger partial charge in [-0.25, -0.2) is 9.36 Å². The van der Waals surface area contributed by atoms with E-state index in [1.54, 1.807) is 52.0 Å². The number of amides is 1. The highest BCUT2D eigenvalue weighted by Crippen LogP contribution is 2.48. The van der Waals surface area contributed by atoms with Gasteiger partial charge in [0.05, 0.1) is 17.6 Å². The molecule has 0 spiro atoms. The lowest BCUT2D eigenvalue weighted by Crippen LogP contribution is -2.49. The molecule has 2 unspecified atom stereocenters. The monoisotopic (exact) mass is 679 g/mol. The summed E-state index contributed by atoms with van der Waals surface area (Å²) in [6.07, 6.45) is -3.21. The summed E-state index contributed by atoms with van der Waals surface area (Å²) in [7, 11) is -3.84. The lowest BCUT2D eigenvalue weighted by molar-refractivity contribution is -0.158. The standard InChI is InChI=1S/C36H42NO10P/c1-22-32(37-35(40)44-20-30-28-13-9-7-11-26(28)27-12-8-10-14-29(27)30)33(31(45-22)21-43-34(39)36(3,4)5)47-48(6,41)46-25-17-15-24(16-18-25)19-42-23(2)38/h7-18,22,30-33H,19-21H2,1-6H3,(H,37,40)/t22-,31+,32+,33?,48?/m0/s1. The zero-order valence-electron chi connectivity index (χ0n) is 28.0. The van der Waals surface area contributed by atoms with Crippen molar-refractivity contribution < 1.29 is 46.9 Å². The predicted molar refractivity (Wildman–Crippen MR) is 178 cm³/mol. The molecule has 5 atom stereocenters. The maximum Gasteiger partial charge on any atom is 0.407 e. The number of benzene rings is 3. The number of esters is 2. The van der Waals surface area contributed by atoms with Crippen molar-refractivity contribution in [3.63, 3.8) is 0 Å². The van der Waals surface area contributed by atoms with Crippen LogP contribution in [-0.4, -0.2) is 62.3 Å².